The van der Waals surface area contributed by atoms with Gasteiger partial charge in [0.2, 0.25) is 10.0 Å². The Morgan fingerprint density at radius 1 is 1.14 bits per heavy atom. The highest BCUT2D eigenvalue weighted by Gasteiger charge is 2.25. The predicted octanol–water partition coefficient (Wildman–Crippen LogP) is 4.98. The Kier molecular flexibility index (Phi) is 6.63. The summed E-state index contributed by atoms with van der Waals surface area (Å²) in [5, 5.41) is 2.21. The number of nitrogens with zero attached hydrogens (tertiary/aromatic N) is 3. The van der Waals surface area contributed by atoms with Crippen molar-refractivity contribution in [2.75, 3.05) is 13.1 Å². The van der Waals surface area contributed by atoms with Crippen molar-refractivity contribution in [3.05, 3.63) is 63.2 Å². The monoisotopic (exact) mass is 449 g/mol. The maximum absolute atomic E-state index is 13.0. The van der Waals surface area contributed by atoms with Gasteiger partial charge in [-0.2, -0.15) is 4.31 Å². The predicted molar refractivity (Wildman–Crippen MR) is 120 cm³/mol. The maximum Gasteiger partial charge on any atom is 0.244 e. The molecule has 5 nitrogen and oxygen atoms in total. The number of sulfonamides is 1. The molecule has 1 aromatic heterocycles. The highest BCUT2D eigenvalue weighted by molar-refractivity contribution is 7.89. The lowest BCUT2D eigenvalue weighted by molar-refractivity contribution is 0.445. The molecule has 2 aromatic carbocycles. The van der Waals surface area contributed by atoms with E-state index < -0.39 is 10.0 Å². The SMILES string of the molecule is CCN(CC)S(=O)(=O)c1cc(-c2csc(=Nc3ccccc3C)n2C)ccc1Cl. The third-order valence-corrected chi connectivity index (χ3v) is 8.25. The van der Waals surface area contributed by atoms with Crippen molar-refractivity contribution in [2.24, 2.45) is 12.0 Å². The largest absolute Gasteiger partial charge is 0.320 e. The van der Waals surface area contributed by atoms with Gasteiger partial charge in [-0.1, -0.05) is 49.7 Å². The van der Waals surface area contributed by atoms with E-state index in [0.29, 0.717) is 13.1 Å². The molecule has 0 aliphatic carbocycles. The molecule has 154 valence electrons. The molecule has 0 saturated heterocycles. The van der Waals surface area contributed by atoms with Crippen molar-refractivity contribution >= 4 is 38.6 Å². The van der Waals surface area contributed by atoms with Crippen molar-refractivity contribution in [3.8, 4) is 11.3 Å². The highest BCUT2D eigenvalue weighted by atomic mass is 35.5. The first-order valence-electron chi connectivity index (χ1n) is 9.34. The van der Waals surface area contributed by atoms with Crippen LogP contribution in [0, 0.1) is 6.92 Å². The zero-order chi connectivity index (χ0) is 21.2. The quantitative estimate of drug-likeness (QED) is 0.533. The van der Waals surface area contributed by atoms with Gasteiger partial charge in [0.1, 0.15) is 4.90 Å². The molecular weight excluding hydrogens is 426 g/mol. The fourth-order valence-electron chi connectivity index (χ4n) is 3.09. The molecule has 0 amide bonds. The molecule has 0 spiro atoms. The summed E-state index contributed by atoms with van der Waals surface area (Å²) in [6.07, 6.45) is 0. The molecular formula is C21H24ClN3O2S2. The van der Waals surface area contributed by atoms with E-state index in [-0.39, 0.29) is 9.92 Å². The van der Waals surface area contributed by atoms with Gasteiger partial charge in [-0.3, -0.25) is 0 Å². The summed E-state index contributed by atoms with van der Waals surface area (Å²) < 4.78 is 29.3. The number of halogens is 1. The molecule has 0 saturated carbocycles. The Hall–Kier alpha value is -1.93. The molecule has 0 bridgehead atoms. The molecule has 0 aliphatic heterocycles. The van der Waals surface area contributed by atoms with Gasteiger partial charge in [-0.05, 0) is 30.7 Å². The van der Waals surface area contributed by atoms with Crippen LogP contribution < -0.4 is 4.80 Å². The minimum absolute atomic E-state index is 0.129. The first kappa shape index (κ1) is 21.8. The van der Waals surface area contributed by atoms with Crippen LogP contribution in [0.4, 0.5) is 5.69 Å². The van der Waals surface area contributed by atoms with E-state index in [1.165, 1.54) is 15.6 Å². The van der Waals surface area contributed by atoms with Gasteiger partial charge in [-0.15, -0.1) is 11.3 Å². The van der Waals surface area contributed by atoms with E-state index in [1.54, 1.807) is 12.1 Å². The Morgan fingerprint density at radius 3 is 2.48 bits per heavy atom. The van der Waals surface area contributed by atoms with Gasteiger partial charge in [0.05, 0.1) is 16.4 Å². The third kappa shape index (κ3) is 4.33. The fourth-order valence-corrected chi connectivity index (χ4v) is 5.96. The van der Waals surface area contributed by atoms with Crippen LogP contribution in [0.1, 0.15) is 19.4 Å². The van der Waals surface area contributed by atoms with E-state index in [9.17, 15) is 8.42 Å². The molecule has 0 atom stereocenters. The van der Waals surface area contributed by atoms with Gasteiger partial charge in [-0.25, -0.2) is 13.4 Å². The average molecular weight is 450 g/mol. The third-order valence-electron chi connectivity index (χ3n) is 4.81. The van der Waals surface area contributed by atoms with Gasteiger partial charge in [0, 0.05) is 31.1 Å². The summed E-state index contributed by atoms with van der Waals surface area (Å²) in [5.41, 5.74) is 3.68. The summed E-state index contributed by atoms with van der Waals surface area (Å²) in [5.74, 6) is 0. The van der Waals surface area contributed by atoms with Crippen LogP contribution in [0.2, 0.25) is 5.02 Å². The Bertz CT molecular complexity index is 1190. The minimum Gasteiger partial charge on any atom is -0.320 e. The summed E-state index contributed by atoms with van der Waals surface area (Å²) in [7, 11) is -1.72. The standard InChI is InChI=1S/C21H24ClN3O2S2/c1-5-25(6-2)29(26,27)20-13-16(11-12-17(20)22)19-14-28-21(24(19)4)23-18-10-8-7-9-15(18)3/h7-14H,5-6H2,1-4H3. The second kappa shape index (κ2) is 8.83. The zero-order valence-corrected chi connectivity index (χ0v) is 19.3. The molecule has 0 unspecified atom stereocenters. The van der Waals surface area contributed by atoms with Crippen LogP contribution in [-0.2, 0) is 17.1 Å². The normalized spacial score (nSPS) is 12.7. The number of thiazole rings is 1. The zero-order valence-electron chi connectivity index (χ0n) is 16.9. The van der Waals surface area contributed by atoms with E-state index in [0.717, 1.165) is 27.3 Å². The van der Waals surface area contributed by atoms with E-state index in [1.807, 2.05) is 68.1 Å². The van der Waals surface area contributed by atoms with E-state index in [2.05, 4.69) is 0 Å². The Balaban J connectivity index is 2.10. The number of aryl methyl sites for hydroxylation is 1. The molecule has 29 heavy (non-hydrogen) atoms. The van der Waals surface area contributed by atoms with Crippen molar-refractivity contribution in [1.29, 1.82) is 0 Å². The number of hydrogen-bond acceptors (Lipinski definition) is 4. The van der Waals surface area contributed by atoms with Crippen LogP contribution >= 0.6 is 22.9 Å². The van der Waals surface area contributed by atoms with Crippen molar-refractivity contribution in [2.45, 2.75) is 25.7 Å². The summed E-state index contributed by atoms with van der Waals surface area (Å²) in [6, 6.07) is 13.1. The lowest BCUT2D eigenvalue weighted by atomic mass is 10.2. The first-order valence-corrected chi connectivity index (χ1v) is 12.0. The van der Waals surface area contributed by atoms with Crippen LogP contribution in [0.3, 0.4) is 0 Å². The molecule has 1 heterocycles. The fraction of sp³-hybridized carbons (Fsp3) is 0.286. The van der Waals surface area contributed by atoms with Gasteiger partial charge >= 0.3 is 0 Å². The molecule has 8 heteroatoms. The van der Waals surface area contributed by atoms with Gasteiger partial charge < -0.3 is 4.57 Å². The smallest absolute Gasteiger partial charge is 0.244 e. The molecule has 3 rings (SSSR count). The Labute approximate surface area is 181 Å². The topological polar surface area (TPSA) is 54.7 Å². The minimum atomic E-state index is -3.65. The second-order valence-electron chi connectivity index (χ2n) is 6.60. The highest BCUT2D eigenvalue weighted by Crippen LogP contribution is 2.30. The van der Waals surface area contributed by atoms with Gasteiger partial charge in [0.25, 0.3) is 0 Å². The van der Waals surface area contributed by atoms with Crippen molar-refractivity contribution in [1.82, 2.24) is 8.87 Å². The lowest BCUT2D eigenvalue weighted by Gasteiger charge is -2.19. The van der Waals surface area contributed by atoms with Crippen molar-refractivity contribution in [3.63, 3.8) is 0 Å². The van der Waals surface area contributed by atoms with Crippen LogP contribution in [0.5, 0.6) is 0 Å². The van der Waals surface area contributed by atoms with E-state index in [4.69, 9.17) is 16.6 Å². The van der Waals surface area contributed by atoms with Crippen LogP contribution in [0.15, 0.2) is 57.7 Å². The molecule has 0 N–H and O–H groups in total. The Morgan fingerprint density at radius 2 is 1.83 bits per heavy atom. The summed E-state index contributed by atoms with van der Waals surface area (Å²) in [4.78, 5) is 5.72. The number of para-hydroxylation sites is 1. The lowest BCUT2D eigenvalue weighted by Crippen LogP contribution is -2.30. The van der Waals surface area contributed by atoms with Crippen LogP contribution in [0.25, 0.3) is 11.3 Å². The van der Waals surface area contributed by atoms with Gasteiger partial charge in [0.15, 0.2) is 4.80 Å². The maximum atomic E-state index is 13.0. The average Bonchev–Trinajstić information content (AvgIpc) is 3.05. The summed E-state index contributed by atoms with van der Waals surface area (Å²) in [6.45, 7) is 6.45. The van der Waals surface area contributed by atoms with Crippen molar-refractivity contribution < 1.29 is 8.42 Å². The number of aromatic nitrogens is 1. The molecule has 0 aliphatic rings. The number of hydrogen-bond donors (Lipinski definition) is 0. The first-order chi connectivity index (χ1) is 13.8. The number of rotatable bonds is 6. The molecule has 0 fully saturated rings. The number of benzene rings is 2. The van der Waals surface area contributed by atoms with E-state index >= 15 is 0 Å². The summed E-state index contributed by atoms with van der Waals surface area (Å²) >= 11 is 7.78. The van der Waals surface area contributed by atoms with Crippen LogP contribution in [-0.4, -0.2) is 30.4 Å². The molecule has 0 radical (unpaired) electrons. The second-order valence-corrected chi connectivity index (χ2v) is 9.75. The molecule has 3 aromatic rings.